The van der Waals surface area contributed by atoms with Gasteiger partial charge in [-0.3, -0.25) is 9.67 Å². The van der Waals surface area contributed by atoms with Crippen molar-refractivity contribution in [3.63, 3.8) is 0 Å². The molecule has 3 heterocycles. The summed E-state index contributed by atoms with van der Waals surface area (Å²) in [6.07, 6.45) is 8.21. The quantitative estimate of drug-likeness (QED) is 0.627. The van der Waals surface area contributed by atoms with Crippen molar-refractivity contribution < 1.29 is 0 Å². The molecule has 0 spiro atoms. The van der Waals surface area contributed by atoms with Crippen LogP contribution < -0.4 is 0 Å². The monoisotopic (exact) mass is 319 g/mol. The lowest BCUT2D eigenvalue weighted by molar-refractivity contribution is 0.897. The highest BCUT2D eigenvalue weighted by Gasteiger charge is 2.13. The van der Waals surface area contributed by atoms with Crippen molar-refractivity contribution in [2.24, 2.45) is 7.05 Å². The van der Waals surface area contributed by atoms with Gasteiger partial charge in [-0.05, 0) is 12.1 Å². The van der Waals surface area contributed by atoms with Crippen LogP contribution in [0.1, 0.15) is 12.7 Å². The van der Waals surface area contributed by atoms with Gasteiger partial charge in [0.1, 0.15) is 5.82 Å². The molecule has 7 nitrogen and oxygen atoms in total. The minimum absolute atomic E-state index is 0.701. The van der Waals surface area contributed by atoms with E-state index in [0.717, 1.165) is 35.1 Å². The maximum atomic E-state index is 4.50. The Morgan fingerprint density at radius 2 is 1.92 bits per heavy atom. The van der Waals surface area contributed by atoms with Crippen molar-refractivity contribution in [1.29, 1.82) is 0 Å². The van der Waals surface area contributed by atoms with E-state index in [9.17, 15) is 0 Å². The lowest BCUT2D eigenvalue weighted by Crippen LogP contribution is -2.01. The van der Waals surface area contributed by atoms with Gasteiger partial charge in [0, 0.05) is 49.5 Å². The molecule has 7 heteroatoms. The molecule has 0 aliphatic heterocycles. The summed E-state index contributed by atoms with van der Waals surface area (Å²) < 4.78 is 3.96. The highest BCUT2D eigenvalue weighted by atomic mass is 15.2. The first-order chi connectivity index (χ1) is 11.8. The van der Waals surface area contributed by atoms with E-state index >= 15 is 0 Å². The second kappa shape index (κ2) is 5.77. The smallest absolute Gasteiger partial charge is 0.181 e. The topological polar surface area (TPSA) is 77.2 Å². The van der Waals surface area contributed by atoms with Crippen LogP contribution in [0.5, 0.6) is 0 Å². The molecule has 120 valence electrons. The molecular formula is C17H17N7. The van der Waals surface area contributed by atoms with E-state index in [-0.39, 0.29) is 0 Å². The first-order valence-corrected chi connectivity index (χ1v) is 7.79. The van der Waals surface area contributed by atoms with Crippen LogP contribution in [-0.4, -0.2) is 34.3 Å². The van der Waals surface area contributed by atoms with Crippen molar-refractivity contribution in [1.82, 2.24) is 34.3 Å². The van der Waals surface area contributed by atoms with Crippen LogP contribution in [-0.2, 0) is 13.5 Å². The number of benzene rings is 1. The molecule has 0 amide bonds. The first kappa shape index (κ1) is 14.4. The maximum absolute atomic E-state index is 4.50. The molecule has 0 radical (unpaired) electrons. The summed E-state index contributed by atoms with van der Waals surface area (Å²) in [7, 11) is 1.96. The third kappa shape index (κ3) is 2.40. The van der Waals surface area contributed by atoms with Crippen LogP contribution in [0.15, 0.2) is 49.1 Å². The highest BCUT2D eigenvalue weighted by molar-refractivity contribution is 5.60. The van der Waals surface area contributed by atoms with Crippen molar-refractivity contribution in [3.8, 4) is 28.7 Å². The highest BCUT2D eigenvalue weighted by Crippen LogP contribution is 2.23. The number of aryl methyl sites for hydroxylation is 2. The molecule has 3 aromatic heterocycles. The van der Waals surface area contributed by atoms with Crippen LogP contribution in [0.4, 0.5) is 0 Å². The molecule has 0 aliphatic carbocycles. The third-order valence-electron chi connectivity index (χ3n) is 3.91. The van der Waals surface area contributed by atoms with E-state index < -0.39 is 0 Å². The number of imidazole rings is 2. The Balaban J connectivity index is 1.78. The standard InChI is InChI=1S/C17H17N7/c1-3-14-20-15(22-21-14)12-5-4-6-13(11-12)24-10-8-19-17(24)16-18-7-9-23(16)2/h4-11H,3H2,1-2H3,(H,20,21,22). The van der Waals surface area contributed by atoms with Crippen LogP contribution in [0.3, 0.4) is 0 Å². The normalized spacial score (nSPS) is 11.1. The fourth-order valence-electron chi connectivity index (χ4n) is 2.64. The number of hydrogen-bond acceptors (Lipinski definition) is 4. The fourth-order valence-corrected chi connectivity index (χ4v) is 2.64. The van der Waals surface area contributed by atoms with Gasteiger partial charge in [-0.15, -0.1) is 0 Å². The van der Waals surface area contributed by atoms with Crippen molar-refractivity contribution in [3.05, 3.63) is 54.9 Å². The molecule has 4 aromatic rings. The van der Waals surface area contributed by atoms with Gasteiger partial charge >= 0.3 is 0 Å². The van der Waals surface area contributed by atoms with Gasteiger partial charge in [0.25, 0.3) is 0 Å². The number of H-pyrrole nitrogens is 1. The van der Waals surface area contributed by atoms with E-state index in [1.54, 1.807) is 12.4 Å². The average Bonchev–Trinajstić information content (AvgIpc) is 3.34. The summed E-state index contributed by atoms with van der Waals surface area (Å²) in [4.78, 5) is 13.3. The molecule has 0 saturated heterocycles. The molecule has 1 aromatic carbocycles. The van der Waals surface area contributed by atoms with Crippen LogP contribution in [0.25, 0.3) is 28.7 Å². The lowest BCUT2D eigenvalue weighted by atomic mass is 10.2. The van der Waals surface area contributed by atoms with Gasteiger partial charge in [0.2, 0.25) is 0 Å². The SMILES string of the molecule is CCc1nc(-c2cccc(-n3ccnc3-c3nccn3C)c2)n[nH]1. The van der Waals surface area contributed by atoms with Crippen molar-refractivity contribution in [2.75, 3.05) is 0 Å². The Morgan fingerprint density at radius 1 is 1.08 bits per heavy atom. The molecule has 1 N–H and O–H groups in total. The second-order valence-corrected chi connectivity index (χ2v) is 5.49. The number of nitrogens with zero attached hydrogens (tertiary/aromatic N) is 6. The van der Waals surface area contributed by atoms with Crippen LogP contribution in [0, 0.1) is 0 Å². The van der Waals surface area contributed by atoms with E-state index in [4.69, 9.17) is 0 Å². The Bertz CT molecular complexity index is 976. The third-order valence-corrected chi connectivity index (χ3v) is 3.91. The molecule has 0 saturated carbocycles. The molecule has 24 heavy (non-hydrogen) atoms. The maximum Gasteiger partial charge on any atom is 0.181 e. The zero-order valence-corrected chi connectivity index (χ0v) is 13.5. The van der Waals surface area contributed by atoms with E-state index in [2.05, 4.69) is 31.2 Å². The Hall–Kier alpha value is -3.22. The number of hydrogen-bond donors (Lipinski definition) is 1. The Kier molecular flexibility index (Phi) is 3.45. The summed E-state index contributed by atoms with van der Waals surface area (Å²) in [5.74, 6) is 3.19. The summed E-state index contributed by atoms with van der Waals surface area (Å²) in [5, 5.41) is 7.24. The lowest BCUT2D eigenvalue weighted by Gasteiger charge is -2.08. The summed E-state index contributed by atoms with van der Waals surface area (Å²) in [5.41, 5.74) is 1.95. The molecular weight excluding hydrogens is 302 g/mol. The van der Waals surface area contributed by atoms with Gasteiger partial charge in [-0.2, -0.15) is 5.10 Å². The summed E-state index contributed by atoms with van der Waals surface area (Å²) >= 11 is 0. The van der Waals surface area contributed by atoms with Gasteiger partial charge in [0.15, 0.2) is 17.5 Å². The van der Waals surface area contributed by atoms with E-state index in [0.29, 0.717) is 5.82 Å². The zero-order chi connectivity index (χ0) is 16.5. The second-order valence-electron chi connectivity index (χ2n) is 5.49. The first-order valence-electron chi connectivity index (χ1n) is 7.79. The van der Waals surface area contributed by atoms with Crippen LogP contribution in [0.2, 0.25) is 0 Å². The predicted octanol–water partition coefficient (Wildman–Crippen LogP) is 2.62. The summed E-state index contributed by atoms with van der Waals surface area (Å²) in [6.45, 7) is 2.05. The Morgan fingerprint density at radius 3 is 2.67 bits per heavy atom. The molecule has 0 bridgehead atoms. The van der Waals surface area contributed by atoms with Crippen molar-refractivity contribution >= 4 is 0 Å². The van der Waals surface area contributed by atoms with E-state index in [1.807, 2.05) is 53.7 Å². The van der Waals surface area contributed by atoms with Crippen LogP contribution >= 0.6 is 0 Å². The largest absolute Gasteiger partial charge is 0.331 e. The average molecular weight is 319 g/mol. The van der Waals surface area contributed by atoms with Gasteiger partial charge in [0.05, 0.1) is 0 Å². The number of aromatic nitrogens is 7. The number of aromatic amines is 1. The number of rotatable bonds is 4. The molecule has 0 unspecified atom stereocenters. The molecule has 0 fully saturated rings. The van der Waals surface area contributed by atoms with Gasteiger partial charge in [-0.1, -0.05) is 19.1 Å². The molecule has 4 rings (SSSR count). The zero-order valence-electron chi connectivity index (χ0n) is 13.5. The number of nitrogens with one attached hydrogen (secondary N) is 1. The predicted molar refractivity (Wildman–Crippen MR) is 90.5 cm³/mol. The minimum Gasteiger partial charge on any atom is -0.331 e. The van der Waals surface area contributed by atoms with E-state index in [1.165, 1.54) is 0 Å². The van der Waals surface area contributed by atoms with Gasteiger partial charge in [-0.25, -0.2) is 15.0 Å². The molecule has 0 aliphatic rings. The molecule has 0 atom stereocenters. The van der Waals surface area contributed by atoms with Gasteiger partial charge < -0.3 is 4.57 Å². The van der Waals surface area contributed by atoms with Crippen molar-refractivity contribution in [2.45, 2.75) is 13.3 Å². The minimum atomic E-state index is 0.701. The fraction of sp³-hybridized carbons (Fsp3) is 0.176. The Labute approximate surface area is 139 Å². The summed E-state index contributed by atoms with van der Waals surface area (Å²) in [6, 6.07) is 8.08.